The van der Waals surface area contributed by atoms with E-state index in [2.05, 4.69) is 27.5 Å². The van der Waals surface area contributed by atoms with Crippen molar-refractivity contribution in [2.24, 2.45) is 0 Å². The van der Waals surface area contributed by atoms with Crippen LogP contribution in [-0.2, 0) is 4.79 Å². The van der Waals surface area contributed by atoms with Crippen LogP contribution in [0.4, 0.5) is 5.82 Å². The van der Waals surface area contributed by atoms with E-state index in [0.29, 0.717) is 6.54 Å². The Morgan fingerprint density at radius 3 is 2.77 bits per heavy atom. The van der Waals surface area contributed by atoms with Gasteiger partial charge in [0.05, 0.1) is 11.8 Å². The van der Waals surface area contributed by atoms with Gasteiger partial charge in [-0.1, -0.05) is 30.3 Å². The summed E-state index contributed by atoms with van der Waals surface area (Å²) in [5.41, 5.74) is 2.19. The summed E-state index contributed by atoms with van der Waals surface area (Å²) in [6, 6.07) is 10.1. The van der Waals surface area contributed by atoms with Gasteiger partial charge >= 0.3 is 5.97 Å². The van der Waals surface area contributed by atoms with Gasteiger partial charge < -0.3 is 10.0 Å². The molecule has 0 aliphatic carbocycles. The minimum atomic E-state index is -0.814. The number of benzene rings is 1. The Hall–Kier alpha value is -2.47. The zero-order valence-electron chi connectivity index (χ0n) is 12.1. The Morgan fingerprint density at radius 1 is 1.27 bits per heavy atom. The van der Waals surface area contributed by atoms with Crippen molar-refractivity contribution in [2.45, 2.75) is 6.42 Å². The van der Waals surface area contributed by atoms with E-state index in [9.17, 15) is 4.79 Å². The lowest BCUT2D eigenvalue weighted by atomic mass is 10.1. The van der Waals surface area contributed by atoms with Crippen molar-refractivity contribution >= 4 is 33.3 Å². The summed E-state index contributed by atoms with van der Waals surface area (Å²) in [7, 11) is 1.86. The summed E-state index contributed by atoms with van der Waals surface area (Å²) in [6.45, 7) is 0.408. The molecule has 2 heterocycles. The fraction of sp³-hybridized carbons (Fsp3) is 0.188. The Labute approximate surface area is 131 Å². The van der Waals surface area contributed by atoms with Crippen LogP contribution < -0.4 is 4.90 Å². The van der Waals surface area contributed by atoms with E-state index in [4.69, 9.17) is 5.11 Å². The molecule has 1 aromatic carbocycles. The van der Waals surface area contributed by atoms with Crippen LogP contribution in [0.25, 0.3) is 21.3 Å². The third kappa shape index (κ3) is 2.78. The predicted octanol–water partition coefficient (Wildman–Crippen LogP) is 3.27. The van der Waals surface area contributed by atoms with Crippen LogP contribution in [0, 0.1) is 0 Å². The summed E-state index contributed by atoms with van der Waals surface area (Å²) in [5, 5.41) is 11.9. The summed E-state index contributed by atoms with van der Waals surface area (Å²) in [4.78, 5) is 22.3. The Balaban J connectivity index is 2.07. The second-order valence-electron chi connectivity index (χ2n) is 4.96. The second-order valence-corrected chi connectivity index (χ2v) is 5.82. The van der Waals surface area contributed by atoms with E-state index in [1.807, 2.05) is 30.1 Å². The van der Waals surface area contributed by atoms with Gasteiger partial charge in [0.2, 0.25) is 0 Å². The Kier molecular flexibility index (Phi) is 4.02. The molecular weight excluding hydrogens is 298 g/mol. The Morgan fingerprint density at radius 2 is 2.05 bits per heavy atom. The fourth-order valence-electron chi connectivity index (χ4n) is 2.35. The van der Waals surface area contributed by atoms with Gasteiger partial charge in [0.1, 0.15) is 17.0 Å². The largest absolute Gasteiger partial charge is 0.481 e. The van der Waals surface area contributed by atoms with Crippen LogP contribution in [0.1, 0.15) is 6.42 Å². The maximum absolute atomic E-state index is 10.8. The molecule has 112 valence electrons. The summed E-state index contributed by atoms with van der Waals surface area (Å²) in [5.74, 6) is -0.0443. The summed E-state index contributed by atoms with van der Waals surface area (Å²) >= 11 is 1.57. The molecular formula is C16H15N3O2S. The predicted molar refractivity (Wildman–Crippen MR) is 88.4 cm³/mol. The van der Waals surface area contributed by atoms with Crippen LogP contribution in [0.3, 0.4) is 0 Å². The molecule has 3 aromatic rings. The molecule has 0 atom stereocenters. The first-order valence-electron chi connectivity index (χ1n) is 6.87. The van der Waals surface area contributed by atoms with Gasteiger partial charge in [-0.05, 0) is 5.56 Å². The number of aliphatic carboxylic acids is 1. The van der Waals surface area contributed by atoms with Crippen molar-refractivity contribution in [3.63, 3.8) is 0 Å². The number of thiophene rings is 1. The van der Waals surface area contributed by atoms with Crippen molar-refractivity contribution in [1.29, 1.82) is 0 Å². The number of hydrogen-bond acceptors (Lipinski definition) is 5. The molecule has 1 N–H and O–H groups in total. The molecule has 3 rings (SSSR count). The maximum atomic E-state index is 10.8. The minimum absolute atomic E-state index is 0.0762. The average molecular weight is 313 g/mol. The van der Waals surface area contributed by atoms with Crippen molar-refractivity contribution in [3.8, 4) is 11.1 Å². The highest BCUT2D eigenvalue weighted by Gasteiger charge is 2.16. The number of nitrogens with zero attached hydrogens (tertiary/aromatic N) is 3. The quantitative estimate of drug-likeness (QED) is 0.783. The second kappa shape index (κ2) is 6.11. The van der Waals surface area contributed by atoms with Gasteiger partial charge in [-0.3, -0.25) is 4.79 Å². The van der Waals surface area contributed by atoms with Gasteiger partial charge in [0, 0.05) is 24.5 Å². The standard InChI is InChI=1S/C16H15N3O2S/c1-19(8-7-13(20)21)15-14-12(11-5-3-2-4-6-11)9-22-16(14)18-10-17-15/h2-6,9-10H,7-8H2,1H3,(H,20,21). The molecule has 0 aliphatic heterocycles. The van der Waals surface area contributed by atoms with E-state index in [1.165, 1.54) is 6.33 Å². The van der Waals surface area contributed by atoms with Crippen LogP contribution >= 0.6 is 11.3 Å². The van der Waals surface area contributed by atoms with Crippen molar-refractivity contribution in [3.05, 3.63) is 42.0 Å². The van der Waals surface area contributed by atoms with Gasteiger partial charge in [0.25, 0.3) is 0 Å². The van der Waals surface area contributed by atoms with Gasteiger partial charge in [-0.15, -0.1) is 11.3 Å². The van der Waals surface area contributed by atoms with Crippen LogP contribution in [-0.4, -0.2) is 34.6 Å². The highest BCUT2D eigenvalue weighted by Crippen LogP contribution is 2.37. The molecule has 6 heteroatoms. The number of carboxylic acid groups (broad SMARTS) is 1. The lowest BCUT2D eigenvalue weighted by Crippen LogP contribution is -2.22. The highest BCUT2D eigenvalue weighted by atomic mass is 32.1. The fourth-order valence-corrected chi connectivity index (χ4v) is 3.26. The normalized spacial score (nSPS) is 10.8. The molecule has 0 bridgehead atoms. The molecule has 0 radical (unpaired) electrons. The molecule has 0 spiro atoms. The topological polar surface area (TPSA) is 66.3 Å². The first-order chi connectivity index (χ1) is 10.7. The van der Waals surface area contributed by atoms with E-state index in [1.54, 1.807) is 11.3 Å². The molecule has 0 saturated carbocycles. The third-order valence-corrected chi connectivity index (χ3v) is 4.34. The summed E-state index contributed by atoms with van der Waals surface area (Å²) in [6.07, 6.45) is 1.60. The zero-order chi connectivity index (χ0) is 15.5. The minimum Gasteiger partial charge on any atom is -0.481 e. The zero-order valence-corrected chi connectivity index (χ0v) is 12.9. The first-order valence-corrected chi connectivity index (χ1v) is 7.75. The number of carbonyl (C=O) groups is 1. The number of aromatic nitrogens is 2. The molecule has 0 amide bonds. The van der Waals surface area contributed by atoms with E-state index >= 15 is 0 Å². The average Bonchev–Trinajstić information content (AvgIpc) is 2.97. The van der Waals surface area contributed by atoms with E-state index in [-0.39, 0.29) is 6.42 Å². The van der Waals surface area contributed by atoms with E-state index in [0.717, 1.165) is 27.2 Å². The number of carboxylic acids is 1. The van der Waals surface area contributed by atoms with Crippen LogP contribution in [0.15, 0.2) is 42.0 Å². The summed E-state index contributed by atoms with van der Waals surface area (Å²) < 4.78 is 0. The molecule has 5 nitrogen and oxygen atoms in total. The highest BCUT2D eigenvalue weighted by molar-refractivity contribution is 7.17. The third-order valence-electron chi connectivity index (χ3n) is 3.46. The lowest BCUT2D eigenvalue weighted by molar-refractivity contribution is -0.136. The number of anilines is 1. The van der Waals surface area contributed by atoms with Crippen molar-refractivity contribution in [2.75, 3.05) is 18.5 Å². The van der Waals surface area contributed by atoms with Crippen LogP contribution in [0.2, 0.25) is 0 Å². The molecule has 0 unspecified atom stereocenters. The first kappa shape index (κ1) is 14.5. The van der Waals surface area contributed by atoms with Gasteiger partial charge in [0.15, 0.2) is 0 Å². The number of fused-ring (bicyclic) bond motifs is 1. The monoisotopic (exact) mass is 313 g/mol. The lowest BCUT2D eigenvalue weighted by Gasteiger charge is -2.18. The maximum Gasteiger partial charge on any atom is 0.305 e. The smallest absolute Gasteiger partial charge is 0.305 e. The van der Waals surface area contributed by atoms with Gasteiger partial charge in [-0.25, -0.2) is 9.97 Å². The molecule has 2 aromatic heterocycles. The molecule has 0 fully saturated rings. The Bertz CT molecular complexity index is 802. The van der Waals surface area contributed by atoms with Crippen LogP contribution in [0.5, 0.6) is 0 Å². The molecule has 0 saturated heterocycles. The molecule has 22 heavy (non-hydrogen) atoms. The molecule has 0 aliphatic rings. The number of rotatable bonds is 5. The van der Waals surface area contributed by atoms with Crippen molar-refractivity contribution in [1.82, 2.24) is 9.97 Å². The van der Waals surface area contributed by atoms with Crippen molar-refractivity contribution < 1.29 is 9.90 Å². The number of hydrogen-bond donors (Lipinski definition) is 1. The van der Waals surface area contributed by atoms with Gasteiger partial charge in [-0.2, -0.15) is 0 Å². The SMILES string of the molecule is CN(CCC(=O)O)c1ncnc2scc(-c3ccccc3)c12. The van der Waals surface area contributed by atoms with E-state index < -0.39 is 5.97 Å².